The van der Waals surface area contributed by atoms with Gasteiger partial charge in [0.15, 0.2) is 0 Å². The molecule has 2 aromatic rings. The lowest BCUT2D eigenvalue weighted by molar-refractivity contribution is 0.0921. The van der Waals surface area contributed by atoms with Gasteiger partial charge < -0.3 is 10.3 Å². The van der Waals surface area contributed by atoms with Crippen LogP contribution in [0.5, 0.6) is 0 Å². The zero-order chi connectivity index (χ0) is 13.8. The Hall–Kier alpha value is -1.55. The first-order chi connectivity index (χ1) is 9.08. The first-order valence-electron chi connectivity index (χ1n) is 6.27. The number of H-pyrrole nitrogens is 1. The Labute approximate surface area is 121 Å². The number of hydrogen-bond donors (Lipinski definition) is 2. The molecule has 2 N–H and O–H groups in total. The van der Waals surface area contributed by atoms with Crippen molar-refractivity contribution in [3.8, 4) is 0 Å². The fraction of sp³-hybridized carbons (Fsp3) is 0.267. The maximum Gasteiger partial charge on any atom is 0.268 e. The summed E-state index contributed by atoms with van der Waals surface area (Å²) in [7, 11) is 0. The lowest BCUT2D eigenvalue weighted by atomic mass is 9.96. The zero-order valence-electron chi connectivity index (χ0n) is 11.0. The highest BCUT2D eigenvalue weighted by molar-refractivity contribution is 9.10. The summed E-state index contributed by atoms with van der Waals surface area (Å²) in [5.74, 6) is 0.234. The van der Waals surface area contributed by atoms with Gasteiger partial charge in [0, 0.05) is 10.7 Å². The van der Waals surface area contributed by atoms with Crippen molar-refractivity contribution in [1.29, 1.82) is 0 Å². The number of hydrogen-bond acceptors (Lipinski definition) is 1. The van der Waals surface area contributed by atoms with E-state index in [0.717, 1.165) is 10.0 Å². The van der Waals surface area contributed by atoms with Gasteiger partial charge in [0.1, 0.15) is 5.69 Å². The Kier molecular flexibility index (Phi) is 4.43. The van der Waals surface area contributed by atoms with Gasteiger partial charge in [0.25, 0.3) is 5.91 Å². The molecule has 1 unspecified atom stereocenters. The van der Waals surface area contributed by atoms with Crippen LogP contribution in [0.2, 0.25) is 0 Å². The first kappa shape index (κ1) is 13.9. The number of amides is 1. The predicted molar refractivity (Wildman–Crippen MR) is 80.0 cm³/mol. The van der Waals surface area contributed by atoms with Gasteiger partial charge in [0.2, 0.25) is 0 Å². The van der Waals surface area contributed by atoms with E-state index >= 15 is 0 Å². The van der Waals surface area contributed by atoms with Crippen molar-refractivity contribution in [2.45, 2.75) is 19.9 Å². The van der Waals surface area contributed by atoms with E-state index in [0.29, 0.717) is 11.6 Å². The van der Waals surface area contributed by atoms with Crippen molar-refractivity contribution in [3.63, 3.8) is 0 Å². The highest BCUT2D eigenvalue weighted by Crippen LogP contribution is 2.22. The molecule has 0 bridgehead atoms. The third kappa shape index (κ3) is 3.47. The van der Waals surface area contributed by atoms with Crippen molar-refractivity contribution in [2.24, 2.45) is 5.92 Å². The molecule has 1 aromatic heterocycles. The third-order valence-corrected chi connectivity index (χ3v) is 3.46. The fourth-order valence-corrected chi connectivity index (χ4v) is 2.36. The van der Waals surface area contributed by atoms with Crippen LogP contribution in [0.15, 0.2) is 47.1 Å². The summed E-state index contributed by atoms with van der Waals surface area (Å²) < 4.78 is 0.874. The summed E-state index contributed by atoms with van der Waals surface area (Å²) in [6, 6.07) is 11.8. The molecule has 19 heavy (non-hydrogen) atoms. The Morgan fingerprint density at radius 2 is 1.95 bits per heavy atom. The molecule has 0 spiro atoms. The minimum absolute atomic E-state index is 0.00998. The number of carbonyl (C=O) groups is 1. The molecule has 0 aliphatic rings. The van der Waals surface area contributed by atoms with Crippen LogP contribution in [0.1, 0.15) is 35.9 Å². The van der Waals surface area contributed by atoms with Gasteiger partial charge in [-0.3, -0.25) is 4.79 Å². The Bertz CT molecular complexity index is 548. The SMILES string of the molecule is CC(C)C(NC(=O)c1cc(Br)c[nH]1)c1ccccc1. The maximum atomic E-state index is 12.2. The van der Waals surface area contributed by atoms with Gasteiger partial charge >= 0.3 is 0 Å². The van der Waals surface area contributed by atoms with E-state index < -0.39 is 0 Å². The lowest BCUT2D eigenvalue weighted by Crippen LogP contribution is -2.31. The van der Waals surface area contributed by atoms with Gasteiger partial charge in [-0.15, -0.1) is 0 Å². The molecule has 100 valence electrons. The Morgan fingerprint density at radius 1 is 1.26 bits per heavy atom. The van der Waals surface area contributed by atoms with E-state index in [1.54, 1.807) is 12.3 Å². The summed E-state index contributed by atoms with van der Waals surface area (Å²) in [6.45, 7) is 4.20. The molecule has 3 nitrogen and oxygen atoms in total. The maximum absolute atomic E-state index is 12.2. The Morgan fingerprint density at radius 3 is 2.47 bits per heavy atom. The smallest absolute Gasteiger partial charge is 0.268 e. The molecule has 4 heteroatoms. The second-order valence-corrected chi connectivity index (χ2v) is 5.75. The van der Waals surface area contributed by atoms with E-state index in [2.05, 4.69) is 40.1 Å². The van der Waals surface area contributed by atoms with E-state index in [-0.39, 0.29) is 11.9 Å². The number of aromatic nitrogens is 1. The molecule has 0 aliphatic carbocycles. The molecule has 1 heterocycles. The molecule has 1 atom stereocenters. The van der Waals surface area contributed by atoms with Crippen LogP contribution in [0.25, 0.3) is 0 Å². The molecule has 1 amide bonds. The van der Waals surface area contributed by atoms with E-state index in [1.165, 1.54) is 0 Å². The van der Waals surface area contributed by atoms with Crippen LogP contribution in [0.4, 0.5) is 0 Å². The number of benzene rings is 1. The lowest BCUT2D eigenvalue weighted by Gasteiger charge is -2.22. The normalized spacial score (nSPS) is 12.4. The molecular weight excluding hydrogens is 304 g/mol. The largest absolute Gasteiger partial charge is 0.356 e. The van der Waals surface area contributed by atoms with E-state index in [1.807, 2.05) is 30.3 Å². The van der Waals surface area contributed by atoms with Gasteiger partial charge in [-0.25, -0.2) is 0 Å². The van der Waals surface area contributed by atoms with Crippen LogP contribution in [0, 0.1) is 5.92 Å². The standard InChI is InChI=1S/C15H17BrN2O/c1-10(2)14(11-6-4-3-5-7-11)18-15(19)13-8-12(16)9-17-13/h3-10,14,17H,1-2H3,(H,18,19). The topological polar surface area (TPSA) is 44.9 Å². The average Bonchev–Trinajstić information content (AvgIpc) is 2.83. The number of rotatable bonds is 4. The number of halogens is 1. The predicted octanol–water partition coefficient (Wildman–Crippen LogP) is 3.90. The van der Waals surface area contributed by atoms with E-state index in [9.17, 15) is 4.79 Å². The van der Waals surface area contributed by atoms with Crippen LogP contribution in [-0.2, 0) is 0 Å². The van der Waals surface area contributed by atoms with Crippen LogP contribution >= 0.6 is 15.9 Å². The quantitative estimate of drug-likeness (QED) is 0.881. The Balaban J connectivity index is 2.16. The van der Waals surface area contributed by atoms with Crippen LogP contribution < -0.4 is 5.32 Å². The van der Waals surface area contributed by atoms with Crippen molar-refractivity contribution < 1.29 is 4.79 Å². The van der Waals surface area contributed by atoms with Crippen molar-refractivity contribution >= 4 is 21.8 Å². The van der Waals surface area contributed by atoms with E-state index in [4.69, 9.17) is 0 Å². The fourth-order valence-electron chi connectivity index (χ4n) is 2.01. The minimum Gasteiger partial charge on any atom is -0.356 e. The van der Waals surface area contributed by atoms with Gasteiger partial charge in [-0.1, -0.05) is 44.2 Å². The van der Waals surface area contributed by atoms with Gasteiger partial charge in [0.05, 0.1) is 6.04 Å². The number of nitrogens with one attached hydrogen (secondary N) is 2. The summed E-state index contributed by atoms with van der Waals surface area (Å²) in [6.07, 6.45) is 1.75. The van der Waals surface area contributed by atoms with Crippen LogP contribution in [0.3, 0.4) is 0 Å². The van der Waals surface area contributed by atoms with Crippen molar-refractivity contribution in [1.82, 2.24) is 10.3 Å². The van der Waals surface area contributed by atoms with Crippen LogP contribution in [-0.4, -0.2) is 10.9 Å². The summed E-state index contributed by atoms with van der Waals surface area (Å²) in [4.78, 5) is 15.1. The molecule has 0 radical (unpaired) electrons. The molecule has 0 saturated heterocycles. The highest BCUT2D eigenvalue weighted by Gasteiger charge is 2.19. The minimum atomic E-state index is -0.0896. The summed E-state index contributed by atoms with van der Waals surface area (Å²) >= 11 is 3.33. The molecule has 0 aliphatic heterocycles. The number of carbonyl (C=O) groups excluding carboxylic acids is 1. The molecule has 1 aromatic carbocycles. The first-order valence-corrected chi connectivity index (χ1v) is 7.07. The average molecular weight is 321 g/mol. The molecule has 2 rings (SSSR count). The summed E-state index contributed by atoms with van der Waals surface area (Å²) in [5, 5.41) is 3.07. The third-order valence-electron chi connectivity index (χ3n) is 3.00. The monoisotopic (exact) mass is 320 g/mol. The molecule has 0 fully saturated rings. The zero-order valence-corrected chi connectivity index (χ0v) is 12.6. The number of aromatic amines is 1. The van der Waals surface area contributed by atoms with Gasteiger partial charge in [-0.2, -0.15) is 0 Å². The molecular formula is C15H17BrN2O. The second kappa shape index (κ2) is 6.06. The molecule has 0 saturated carbocycles. The summed E-state index contributed by atoms with van der Waals surface area (Å²) in [5.41, 5.74) is 1.69. The van der Waals surface area contributed by atoms with Gasteiger partial charge in [-0.05, 0) is 33.5 Å². The highest BCUT2D eigenvalue weighted by atomic mass is 79.9. The van der Waals surface area contributed by atoms with Crippen molar-refractivity contribution in [3.05, 3.63) is 58.3 Å². The van der Waals surface area contributed by atoms with Crippen molar-refractivity contribution in [2.75, 3.05) is 0 Å². The second-order valence-electron chi connectivity index (χ2n) is 4.84.